The van der Waals surface area contributed by atoms with Crippen LogP contribution in [0.25, 0.3) is 0 Å². The highest BCUT2D eigenvalue weighted by Crippen LogP contribution is 2.23. The molecule has 2 atom stereocenters. The van der Waals surface area contributed by atoms with Crippen molar-refractivity contribution in [3.05, 3.63) is 0 Å². The highest BCUT2D eigenvalue weighted by atomic mass is 16.5. The van der Waals surface area contributed by atoms with Crippen LogP contribution in [-0.4, -0.2) is 36.9 Å². The topological polar surface area (TPSA) is 58.6 Å². The Hall–Kier alpha value is -0.610. The first-order valence-corrected chi connectivity index (χ1v) is 7.26. The molecule has 0 bridgehead atoms. The fourth-order valence-corrected chi connectivity index (χ4v) is 2.48. The lowest BCUT2D eigenvalue weighted by Gasteiger charge is -2.30. The monoisotopic (exact) mass is 257 g/mol. The van der Waals surface area contributed by atoms with E-state index in [0.29, 0.717) is 6.61 Å². The number of unbranched alkanes of at least 4 members (excludes halogenated alkanes) is 2. The third-order valence-corrected chi connectivity index (χ3v) is 3.62. The normalized spacial score (nSPS) is 23.9. The van der Waals surface area contributed by atoms with Crippen molar-refractivity contribution in [2.45, 2.75) is 57.9 Å². The van der Waals surface area contributed by atoms with Gasteiger partial charge in [-0.15, -0.1) is 0 Å². The summed E-state index contributed by atoms with van der Waals surface area (Å²) >= 11 is 0. The summed E-state index contributed by atoms with van der Waals surface area (Å²) in [6.07, 6.45) is 7.62. The molecule has 0 spiro atoms. The number of amides is 1. The van der Waals surface area contributed by atoms with Crippen LogP contribution in [-0.2, 0) is 9.53 Å². The van der Waals surface area contributed by atoms with Gasteiger partial charge in [0.2, 0.25) is 5.91 Å². The zero-order valence-electron chi connectivity index (χ0n) is 11.5. The summed E-state index contributed by atoms with van der Waals surface area (Å²) in [5.41, 5.74) is 0. The number of hydrogen-bond acceptors (Lipinski definition) is 3. The van der Waals surface area contributed by atoms with E-state index in [4.69, 9.17) is 4.74 Å². The van der Waals surface area contributed by atoms with Crippen molar-refractivity contribution >= 4 is 5.91 Å². The quantitative estimate of drug-likeness (QED) is 0.653. The summed E-state index contributed by atoms with van der Waals surface area (Å²) in [4.78, 5) is 11.7. The minimum atomic E-state index is -0.0446. The average Bonchev–Trinajstić information content (AvgIpc) is 2.39. The van der Waals surface area contributed by atoms with E-state index in [9.17, 15) is 9.90 Å². The van der Waals surface area contributed by atoms with Crippen molar-refractivity contribution in [3.63, 3.8) is 0 Å². The van der Waals surface area contributed by atoms with E-state index in [0.717, 1.165) is 44.9 Å². The fraction of sp³-hybridized carbons (Fsp3) is 0.929. The zero-order chi connectivity index (χ0) is 13.2. The summed E-state index contributed by atoms with van der Waals surface area (Å²) in [5, 5.41) is 12.3. The maximum Gasteiger partial charge on any atom is 0.246 e. The van der Waals surface area contributed by atoms with Crippen molar-refractivity contribution in [1.29, 1.82) is 0 Å². The number of aliphatic hydroxyl groups excluding tert-OH is 1. The maximum atomic E-state index is 11.7. The predicted octanol–water partition coefficient (Wildman–Crippen LogP) is 1.86. The van der Waals surface area contributed by atoms with Crippen LogP contribution >= 0.6 is 0 Å². The Morgan fingerprint density at radius 1 is 1.33 bits per heavy atom. The van der Waals surface area contributed by atoms with E-state index < -0.39 is 0 Å². The van der Waals surface area contributed by atoms with E-state index in [1.807, 2.05) is 0 Å². The lowest BCUT2D eigenvalue weighted by atomic mass is 9.85. The van der Waals surface area contributed by atoms with Gasteiger partial charge in [-0.25, -0.2) is 0 Å². The summed E-state index contributed by atoms with van der Waals surface area (Å²) in [7, 11) is 0. The van der Waals surface area contributed by atoms with E-state index in [1.54, 1.807) is 0 Å². The largest absolute Gasteiger partial charge is 0.396 e. The zero-order valence-corrected chi connectivity index (χ0v) is 11.5. The van der Waals surface area contributed by atoms with Crippen LogP contribution in [0.5, 0.6) is 0 Å². The van der Waals surface area contributed by atoms with Gasteiger partial charge in [0, 0.05) is 25.2 Å². The number of carbonyl (C=O) groups is 1. The Labute approximate surface area is 110 Å². The van der Waals surface area contributed by atoms with Crippen LogP contribution < -0.4 is 5.32 Å². The van der Waals surface area contributed by atoms with Crippen molar-refractivity contribution in [2.24, 2.45) is 5.92 Å². The fourth-order valence-electron chi connectivity index (χ4n) is 2.48. The van der Waals surface area contributed by atoms with Gasteiger partial charge < -0.3 is 15.2 Å². The number of nitrogens with one attached hydrogen (secondary N) is 1. The molecule has 2 unspecified atom stereocenters. The highest BCUT2D eigenvalue weighted by Gasteiger charge is 2.25. The molecule has 1 rings (SSSR count). The molecule has 1 aliphatic rings. The minimum absolute atomic E-state index is 0.0446. The van der Waals surface area contributed by atoms with Gasteiger partial charge in [0.1, 0.15) is 6.61 Å². The maximum absolute atomic E-state index is 11.7. The predicted molar refractivity (Wildman–Crippen MR) is 71.3 cm³/mol. The van der Waals surface area contributed by atoms with Crippen molar-refractivity contribution < 1.29 is 14.6 Å². The van der Waals surface area contributed by atoms with Crippen molar-refractivity contribution in [3.8, 4) is 0 Å². The number of carbonyl (C=O) groups excluding carboxylic acids is 1. The minimum Gasteiger partial charge on any atom is -0.396 e. The van der Waals surface area contributed by atoms with Crippen LogP contribution in [0.15, 0.2) is 0 Å². The van der Waals surface area contributed by atoms with Crippen LogP contribution in [0.1, 0.15) is 51.9 Å². The molecule has 18 heavy (non-hydrogen) atoms. The molecule has 106 valence electrons. The van der Waals surface area contributed by atoms with E-state index >= 15 is 0 Å². The van der Waals surface area contributed by atoms with E-state index in [2.05, 4.69) is 12.2 Å². The molecule has 4 nitrogen and oxygen atoms in total. The summed E-state index contributed by atoms with van der Waals surface area (Å²) < 4.78 is 5.33. The third-order valence-electron chi connectivity index (χ3n) is 3.62. The van der Waals surface area contributed by atoms with Gasteiger partial charge in [-0.2, -0.15) is 0 Å². The van der Waals surface area contributed by atoms with Crippen LogP contribution in [0, 0.1) is 5.92 Å². The standard InChI is InChI=1S/C14H27NO3/c1-2-3-6-9-18-11-14(17)15-13-8-5-4-7-12(13)10-16/h12-13,16H,2-11H2,1H3,(H,15,17). The first-order chi connectivity index (χ1) is 8.77. The van der Waals surface area contributed by atoms with E-state index in [1.165, 1.54) is 0 Å². The Morgan fingerprint density at radius 2 is 2.11 bits per heavy atom. The molecule has 0 aliphatic heterocycles. The molecule has 1 fully saturated rings. The molecule has 0 aromatic rings. The van der Waals surface area contributed by atoms with Gasteiger partial charge in [0.25, 0.3) is 0 Å². The Kier molecular flexibility index (Phi) is 8.01. The van der Waals surface area contributed by atoms with Gasteiger partial charge in [0.15, 0.2) is 0 Å². The molecule has 0 aromatic heterocycles. The molecule has 2 N–H and O–H groups in total. The summed E-state index contributed by atoms with van der Waals surface area (Å²) in [6, 6.07) is 0.135. The molecule has 0 saturated heterocycles. The number of aliphatic hydroxyl groups is 1. The molecule has 0 aromatic carbocycles. The molecule has 0 heterocycles. The van der Waals surface area contributed by atoms with Gasteiger partial charge in [-0.3, -0.25) is 4.79 Å². The lowest BCUT2D eigenvalue weighted by molar-refractivity contribution is -0.127. The van der Waals surface area contributed by atoms with Gasteiger partial charge in [0.05, 0.1) is 0 Å². The molecule has 1 saturated carbocycles. The Bertz CT molecular complexity index is 233. The SMILES string of the molecule is CCCCCOCC(=O)NC1CCCCC1CO. The Balaban J connectivity index is 2.14. The summed E-state index contributed by atoms with van der Waals surface area (Å²) in [6.45, 7) is 3.13. The van der Waals surface area contributed by atoms with Crippen LogP contribution in [0.2, 0.25) is 0 Å². The smallest absolute Gasteiger partial charge is 0.246 e. The molecular weight excluding hydrogens is 230 g/mol. The number of hydrogen-bond donors (Lipinski definition) is 2. The van der Waals surface area contributed by atoms with Gasteiger partial charge in [-0.1, -0.05) is 32.6 Å². The van der Waals surface area contributed by atoms with Crippen molar-refractivity contribution in [2.75, 3.05) is 19.8 Å². The second kappa shape index (κ2) is 9.34. The molecule has 1 aliphatic carbocycles. The van der Waals surface area contributed by atoms with Crippen LogP contribution in [0.3, 0.4) is 0 Å². The first-order valence-electron chi connectivity index (χ1n) is 7.26. The Morgan fingerprint density at radius 3 is 2.83 bits per heavy atom. The van der Waals surface area contributed by atoms with Gasteiger partial charge in [-0.05, 0) is 19.3 Å². The average molecular weight is 257 g/mol. The second-order valence-corrected chi connectivity index (χ2v) is 5.16. The summed E-state index contributed by atoms with van der Waals surface area (Å²) in [5.74, 6) is 0.180. The highest BCUT2D eigenvalue weighted by molar-refractivity contribution is 5.77. The molecular formula is C14H27NO3. The lowest BCUT2D eigenvalue weighted by Crippen LogP contribution is -2.44. The van der Waals surface area contributed by atoms with Crippen molar-refractivity contribution in [1.82, 2.24) is 5.32 Å². The second-order valence-electron chi connectivity index (χ2n) is 5.16. The molecule has 1 amide bonds. The number of rotatable bonds is 8. The first kappa shape index (κ1) is 15.4. The molecule has 0 radical (unpaired) electrons. The van der Waals surface area contributed by atoms with Gasteiger partial charge >= 0.3 is 0 Å². The number of ether oxygens (including phenoxy) is 1. The van der Waals surface area contributed by atoms with E-state index in [-0.39, 0.29) is 31.1 Å². The molecule has 4 heteroatoms. The third kappa shape index (κ3) is 5.83. The van der Waals surface area contributed by atoms with Crippen LogP contribution in [0.4, 0.5) is 0 Å².